The van der Waals surface area contributed by atoms with E-state index in [4.69, 9.17) is 9.40 Å². The van der Waals surface area contributed by atoms with Crippen molar-refractivity contribution in [3.8, 4) is 0 Å². The summed E-state index contributed by atoms with van der Waals surface area (Å²) >= 11 is 0. The minimum absolute atomic E-state index is 0.102. The zero-order chi connectivity index (χ0) is 19.8. The first-order chi connectivity index (χ1) is 14.1. The van der Waals surface area contributed by atoms with Crippen LogP contribution in [0.3, 0.4) is 0 Å². The SMILES string of the molecule is Cc1ccc2oc(N3CCC[C@@]4(CCC(=O)N(Cc5cccnc5)C4)C3)nc2c1. The monoisotopic (exact) mass is 390 g/mol. The molecule has 4 heterocycles. The van der Waals surface area contributed by atoms with E-state index in [1.165, 1.54) is 5.56 Å². The first kappa shape index (κ1) is 18.2. The van der Waals surface area contributed by atoms with Crippen LogP contribution >= 0.6 is 0 Å². The summed E-state index contributed by atoms with van der Waals surface area (Å²) in [6, 6.07) is 10.8. The van der Waals surface area contributed by atoms with Crippen LogP contribution in [0.1, 0.15) is 36.8 Å². The maximum absolute atomic E-state index is 12.6. The Morgan fingerprint density at radius 2 is 2.14 bits per heavy atom. The summed E-state index contributed by atoms with van der Waals surface area (Å²) in [5.41, 5.74) is 4.12. The average Bonchev–Trinajstić information content (AvgIpc) is 3.15. The fourth-order valence-corrected chi connectivity index (χ4v) is 4.82. The molecule has 2 saturated heterocycles. The number of aryl methyl sites for hydroxylation is 1. The Labute approximate surface area is 170 Å². The highest BCUT2D eigenvalue weighted by Crippen LogP contribution is 2.40. The topological polar surface area (TPSA) is 62.5 Å². The van der Waals surface area contributed by atoms with Crippen LogP contribution in [0.15, 0.2) is 47.1 Å². The lowest BCUT2D eigenvalue weighted by Crippen LogP contribution is -2.54. The Hall–Kier alpha value is -2.89. The number of carbonyl (C=O) groups is 1. The second-order valence-corrected chi connectivity index (χ2v) is 8.60. The zero-order valence-electron chi connectivity index (χ0n) is 16.8. The van der Waals surface area contributed by atoms with Crippen molar-refractivity contribution in [2.75, 3.05) is 24.5 Å². The van der Waals surface area contributed by atoms with Gasteiger partial charge in [-0.15, -0.1) is 0 Å². The number of pyridine rings is 1. The molecule has 1 aromatic carbocycles. The van der Waals surface area contributed by atoms with Crippen LogP contribution in [0, 0.1) is 12.3 Å². The molecule has 0 unspecified atom stereocenters. The number of oxazole rings is 1. The zero-order valence-corrected chi connectivity index (χ0v) is 16.8. The van der Waals surface area contributed by atoms with Gasteiger partial charge in [0.25, 0.3) is 6.01 Å². The first-order valence-electron chi connectivity index (χ1n) is 10.4. The summed E-state index contributed by atoms with van der Waals surface area (Å²) in [7, 11) is 0. The Morgan fingerprint density at radius 1 is 1.21 bits per heavy atom. The normalized spacial score (nSPS) is 22.6. The van der Waals surface area contributed by atoms with Crippen LogP contribution in [-0.2, 0) is 11.3 Å². The third kappa shape index (κ3) is 3.59. The highest BCUT2D eigenvalue weighted by molar-refractivity contribution is 5.77. The Morgan fingerprint density at radius 3 is 3.00 bits per heavy atom. The van der Waals surface area contributed by atoms with E-state index >= 15 is 0 Å². The van der Waals surface area contributed by atoms with E-state index in [9.17, 15) is 4.79 Å². The maximum Gasteiger partial charge on any atom is 0.298 e. The number of benzene rings is 1. The molecule has 2 aromatic heterocycles. The third-order valence-corrected chi connectivity index (χ3v) is 6.31. The van der Waals surface area contributed by atoms with Gasteiger partial charge in [-0.05, 0) is 55.5 Å². The van der Waals surface area contributed by atoms with Gasteiger partial charge in [0.2, 0.25) is 5.91 Å². The summed E-state index contributed by atoms with van der Waals surface area (Å²) in [4.78, 5) is 25.8. The molecule has 29 heavy (non-hydrogen) atoms. The van der Waals surface area contributed by atoms with Crippen LogP contribution < -0.4 is 4.90 Å². The highest BCUT2D eigenvalue weighted by Gasteiger charge is 2.42. The quantitative estimate of drug-likeness (QED) is 0.678. The number of piperidine rings is 2. The van der Waals surface area contributed by atoms with Gasteiger partial charge in [-0.3, -0.25) is 9.78 Å². The molecule has 1 amide bonds. The molecule has 0 saturated carbocycles. The molecule has 5 rings (SSSR count). The predicted octanol–water partition coefficient (Wildman–Crippen LogP) is 3.94. The van der Waals surface area contributed by atoms with Gasteiger partial charge in [0.15, 0.2) is 5.58 Å². The van der Waals surface area contributed by atoms with E-state index < -0.39 is 0 Å². The van der Waals surface area contributed by atoms with E-state index in [2.05, 4.69) is 28.9 Å². The first-order valence-corrected chi connectivity index (χ1v) is 10.4. The van der Waals surface area contributed by atoms with Gasteiger partial charge in [-0.2, -0.15) is 4.98 Å². The summed E-state index contributed by atoms with van der Waals surface area (Å²) < 4.78 is 6.07. The lowest BCUT2D eigenvalue weighted by atomic mass is 9.73. The molecule has 0 bridgehead atoms. The second kappa shape index (κ2) is 7.17. The number of fused-ring (bicyclic) bond motifs is 1. The van der Waals surface area contributed by atoms with Crippen molar-refractivity contribution in [3.05, 3.63) is 53.9 Å². The van der Waals surface area contributed by atoms with Crippen molar-refractivity contribution < 1.29 is 9.21 Å². The maximum atomic E-state index is 12.6. The molecule has 3 aromatic rings. The molecule has 6 heteroatoms. The molecule has 0 N–H and O–H groups in total. The summed E-state index contributed by atoms with van der Waals surface area (Å²) in [5, 5.41) is 0. The number of likely N-dealkylation sites (tertiary alicyclic amines) is 1. The number of carbonyl (C=O) groups excluding carboxylic acids is 1. The molecule has 2 aliphatic heterocycles. The average molecular weight is 390 g/mol. The Balaban J connectivity index is 1.36. The second-order valence-electron chi connectivity index (χ2n) is 8.60. The van der Waals surface area contributed by atoms with Gasteiger partial charge in [0.1, 0.15) is 5.52 Å². The van der Waals surface area contributed by atoms with Crippen molar-refractivity contribution in [2.24, 2.45) is 5.41 Å². The number of nitrogens with zero attached hydrogens (tertiary/aromatic N) is 4. The van der Waals surface area contributed by atoms with Crippen LogP contribution in [0.2, 0.25) is 0 Å². The minimum Gasteiger partial charge on any atom is -0.423 e. The summed E-state index contributed by atoms with van der Waals surface area (Å²) in [5.74, 6) is 0.244. The van der Waals surface area contributed by atoms with Crippen molar-refractivity contribution in [3.63, 3.8) is 0 Å². The lowest BCUT2D eigenvalue weighted by molar-refractivity contribution is -0.138. The van der Waals surface area contributed by atoms with Gasteiger partial charge in [0.05, 0.1) is 0 Å². The Kier molecular flexibility index (Phi) is 4.49. The number of hydrogen-bond donors (Lipinski definition) is 0. The number of anilines is 1. The minimum atomic E-state index is 0.102. The van der Waals surface area contributed by atoms with Gasteiger partial charge < -0.3 is 14.2 Å². The highest BCUT2D eigenvalue weighted by atomic mass is 16.4. The molecule has 1 spiro atoms. The molecule has 6 nitrogen and oxygen atoms in total. The summed E-state index contributed by atoms with van der Waals surface area (Å²) in [6.45, 7) is 5.33. The standard InChI is InChI=1S/C23H26N4O2/c1-17-5-6-20-19(12-17)25-22(29-20)26-11-3-8-23(15-26)9-7-21(28)27(16-23)14-18-4-2-10-24-13-18/h2,4-6,10,12-13H,3,7-9,11,14-16H2,1H3/t23-/m1/s1. The van der Waals surface area contributed by atoms with E-state index in [0.717, 1.165) is 55.6 Å². The predicted molar refractivity (Wildman–Crippen MR) is 112 cm³/mol. The van der Waals surface area contributed by atoms with E-state index in [0.29, 0.717) is 19.0 Å². The number of aromatic nitrogens is 2. The smallest absolute Gasteiger partial charge is 0.298 e. The van der Waals surface area contributed by atoms with Gasteiger partial charge in [0, 0.05) is 50.4 Å². The van der Waals surface area contributed by atoms with E-state index in [-0.39, 0.29) is 11.3 Å². The molecular formula is C23H26N4O2. The fraction of sp³-hybridized carbons (Fsp3) is 0.435. The lowest BCUT2D eigenvalue weighted by Gasteiger charge is -2.47. The van der Waals surface area contributed by atoms with E-state index in [1.807, 2.05) is 29.3 Å². The van der Waals surface area contributed by atoms with Gasteiger partial charge >= 0.3 is 0 Å². The van der Waals surface area contributed by atoms with Gasteiger partial charge in [-0.1, -0.05) is 12.1 Å². The number of rotatable bonds is 3. The van der Waals surface area contributed by atoms with Crippen molar-refractivity contribution >= 4 is 23.0 Å². The molecule has 0 radical (unpaired) electrons. The fourth-order valence-electron chi connectivity index (χ4n) is 4.82. The molecule has 2 fully saturated rings. The molecular weight excluding hydrogens is 364 g/mol. The van der Waals surface area contributed by atoms with Crippen LogP contribution in [0.25, 0.3) is 11.1 Å². The third-order valence-electron chi connectivity index (χ3n) is 6.31. The molecule has 1 atom stereocenters. The van der Waals surface area contributed by atoms with Crippen LogP contribution in [0.5, 0.6) is 0 Å². The number of amides is 1. The molecule has 150 valence electrons. The molecule has 0 aliphatic carbocycles. The Bertz CT molecular complexity index is 1030. The van der Waals surface area contributed by atoms with Gasteiger partial charge in [-0.25, -0.2) is 0 Å². The number of hydrogen-bond acceptors (Lipinski definition) is 5. The largest absolute Gasteiger partial charge is 0.423 e. The van der Waals surface area contributed by atoms with Crippen molar-refractivity contribution in [1.29, 1.82) is 0 Å². The summed E-state index contributed by atoms with van der Waals surface area (Å²) in [6.07, 6.45) is 7.39. The van der Waals surface area contributed by atoms with Crippen molar-refractivity contribution in [1.82, 2.24) is 14.9 Å². The van der Waals surface area contributed by atoms with Crippen LogP contribution in [0.4, 0.5) is 6.01 Å². The van der Waals surface area contributed by atoms with Crippen molar-refractivity contribution in [2.45, 2.75) is 39.2 Å². The van der Waals surface area contributed by atoms with E-state index in [1.54, 1.807) is 6.20 Å². The molecule has 2 aliphatic rings. The van der Waals surface area contributed by atoms with Crippen LogP contribution in [-0.4, -0.2) is 40.4 Å².